The van der Waals surface area contributed by atoms with Crippen molar-refractivity contribution in [2.24, 2.45) is 0 Å². The number of hydrogen-bond donors (Lipinski definition) is 1. The molecule has 1 aliphatic rings. The minimum atomic E-state index is -2.56. The van der Waals surface area contributed by atoms with Gasteiger partial charge in [0.05, 0.1) is 22.8 Å². The van der Waals surface area contributed by atoms with E-state index in [1.165, 1.54) is 4.31 Å². The Labute approximate surface area is 229 Å². The molecule has 0 aliphatic heterocycles. The van der Waals surface area contributed by atoms with Gasteiger partial charge in [-0.05, 0) is 88.3 Å². The summed E-state index contributed by atoms with van der Waals surface area (Å²) in [7, 11) is 1.56. The number of anilines is 1. The van der Waals surface area contributed by atoms with Crippen molar-refractivity contribution in [1.29, 1.82) is 0 Å². The predicted molar refractivity (Wildman–Crippen MR) is 146 cm³/mol. The molecule has 1 saturated carbocycles. The molecule has 4 aromatic rings. The number of hydrogen-bond acceptors (Lipinski definition) is 4. The van der Waals surface area contributed by atoms with E-state index in [1.54, 1.807) is 49.5 Å². The maximum Gasteiger partial charge on any atom is 0.255 e. The van der Waals surface area contributed by atoms with E-state index in [4.69, 9.17) is 27.6 Å². The summed E-state index contributed by atoms with van der Waals surface area (Å²) >= 11 is 13.1. The van der Waals surface area contributed by atoms with Crippen molar-refractivity contribution in [2.45, 2.75) is 25.3 Å². The second kappa shape index (κ2) is 10.2. The summed E-state index contributed by atoms with van der Waals surface area (Å²) in [4.78, 5) is 13.0. The topological polar surface area (TPSA) is 85.6 Å². The quantitative estimate of drug-likeness (QED) is 0.225. The molecule has 1 fully saturated rings. The monoisotopic (exact) mass is 605 g/mol. The molecule has 0 radical (unpaired) electrons. The molecular formula is C26H20BrCl2N2O4S-. The van der Waals surface area contributed by atoms with E-state index < -0.39 is 11.3 Å². The Bertz CT molecular complexity index is 1500. The van der Waals surface area contributed by atoms with Crippen molar-refractivity contribution in [3.63, 3.8) is 0 Å². The summed E-state index contributed by atoms with van der Waals surface area (Å²) in [6.07, 6.45) is 1.89. The van der Waals surface area contributed by atoms with Crippen LogP contribution in [0, 0.1) is 0 Å². The smallest absolute Gasteiger partial charge is 0.255 e. The Morgan fingerprint density at radius 3 is 2.50 bits per heavy atom. The number of fused-ring (bicyclic) bond motifs is 1. The Balaban J connectivity index is 1.68. The molecule has 36 heavy (non-hydrogen) atoms. The molecule has 186 valence electrons. The Kier molecular flexibility index (Phi) is 7.16. The van der Waals surface area contributed by atoms with E-state index >= 15 is 0 Å². The number of furan rings is 1. The van der Waals surface area contributed by atoms with Crippen LogP contribution in [0.15, 0.2) is 63.5 Å². The average Bonchev–Trinajstić information content (AvgIpc) is 3.64. The van der Waals surface area contributed by atoms with Crippen LogP contribution >= 0.6 is 39.1 Å². The van der Waals surface area contributed by atoms with Crippen LogP contribution in [0.2, 0.25) is 10.0 Å². The second-order valence-electron chi connectivity index (χ2n) is 8.58. The van der Waals surface area contributed by atoms with E-state index in [0.717, 1.165) is 28.4 Å². The number of carbonyl (C=O) groups excluding carboxylic acids is 1. The van der Waals surface area contributed by atoms with Crippen molar-refractivity contribution in [3.05, 3.63) is 85.8 Å². The SMILES string of the molecule is CNC(=O)c1c(-c2ccc(Cl)cc2)oc2cc(N(Cc3ccc(Br)c(Cl)c3)S(=O)[O-])c(C3CC3)cc12. The van der Waals surface area contributed by atoms with E-state index in [1.807, 2.05) is 12.1 Å². The summed E-state index contributed by atoms with van der Waals surface area (Å²) in [6, 6.07) is 16.0. The van der Waals surface area contributed by atoms with Crippen molar-refractivity contribution in [1.82, 2.24) is 5.32 Å². The molecule has 1 unspecified atom stereocenters. The normalized spacial score (nSPS) is 14.1. The highest BCUT2D eigenvalue weighted by molar-refractivity contribution is 9.10. The van der Waals surface area contributed by atoms with Gasteiger partial charge in [-0.15, -0.1) is 0 Å². The van der Waals surface area contributed by atoms with Crippen LogP contribution in [0.25, 0.3) is 22.3 Å². The summed E-state index contributed by atoms with van der Waals surface area (Å²) < 4.78 is 33.1. The van der Waals surface area contributed by atoms with Gasteiger partial charge < -0.3 is 14.3 Å². The molecule has 1 heterocycles. The van der Waals surface area contributed by atoms with Gasteiger partial charge in [0, 0.05) is 44.8 Å². The van der Waals surface area contributed by atoms with Gasteiger partial charge in [-0.1, -0.05) is 29.3 Å². The van der Waals surface area contributed by atoms with E-state index in [2.05, 4.69) is 21.2 Å². The first-order valence-electron chi connectivity index (χ1n) is 11.2. The minimum absolute atomic E-state index is 0.0986. The van der Waals surface area contributed by atoms with E-state index in [9.17, 15) is 13.6 Å². The number of nitrogens with zero attached hydrogens (tertiary/aromatic N) is 1. The summed E-state index contributed by atoms with van der Waals surface area (Å²) in [5.41, 5.74) is 3.64. The van der Waals surface area contributed by atoms with Crippen molar-refractivity contribution in [2.75, 3.05) is 11.4 Å². The predicted octanol–water partition coefficient (Wildman–Crippen LogP) is 7.21. The second-order valence-corrected chi connectivity index (χ2v) is 11.1. The van der Waals surface area contributed by atoms with Crippen LogP contribution in [-0.4, -0.2) is 21.7 Å². The first kappa shape index (κ1) is 25.3. The van der Waals surface area contributed by atoms with Gasteiger partial charge in [0.15, 0.2) is 0 Å². The number of amides is 1. The number of rotatable bonds is 7. The Morgan fingerprint density at radius 1 is 1.17 bits per heavy atom. The zero-order chi connectivity index (χ0) is 25.6. The first-order chi connectivity index (χ1) is 17.3. The fourth-order valence-electron chi connectivity index (χ4n) is 4.26. The third kappa shape index (κ3) is 4.93. The fraction of sp³-hybridized carbons (Fsp3) is 0.192. The number of halogens is 3. The van der Waals surface area contributed by atoms with Crippen LogP contribution < -0.4 is 9.62 Å². The molecule has 1 amide bonds. The number of nitrogens with one attached hydrogen (secondary N) is 1. The lowest BCUT2D eigenvalue weighted by Gasteiger charge is -2.29. The maximum absolute atomic E-state index is 13.0. The van der Waals surface area contributed by atoms with Crippen molar-refractivity contribution in [3.8, 4) is 11.3 Å². The van der Waals surface area contributed by atoms with Crippen LogP contribution in [-0.2, 0) is 17.8 Å². The Hall–Kier alpha value is -2.36. The summed E-state index contributed by atoms with van der Waals surface area (Å²) in [5.74, 6) is 0.312. The third-order valence-electron chi connectivity index (χ3n) is 6.17. The van der Waals surface area contributed by atoms with E-state index in [-0.39, 0.29) is 18.4 Å². The molecule has 10 heteroatoms. The van der Waals surface area contributed by atoms with Gasteiger partial charge in [-0.25, -0.2) is 0 Å². The summed E-state index contributed by atoms with van der Waals surface area (Å²) in [6.45, 7) is 0.0986. The van der Waals surface area contributed by atoms with E-state index in [0.29, 0.717) is 43.6 Å². The molecule has 3 aromatic carbocycles. The van der Waals surface area contributed by atoms with Crippen molar-refractivity contribution >= 4 is 73.0 Å². The molecule has 1 N–H and O–H groups in total. The molecule has 1 aliphatic carbocycles. The fourth-order valence-corrected chi connectivity index (χ4v) is 5.41. The largest absolute Gasteiger partial charge is 0.755 e. The zero-order valence-electron chi connectivity index (χ0n) is 19.0. The van der Waals surface area contributed by atoms with Crippen LogP contribution in [0.5, 0.6) is 0 Å². The number of benzene rings is 3. The molecule has 1 atom stereocenters. The standard InChI is InChI=1S/C26H21BrCl2N2O4S/c1-30-26(32)24-19-11-18(15-3-4-15)22(12-23(19)35-25(24)16-5-7-17(28)8-6-16)31(36(33)34)13-14-2-9-20(27)21(29)10-14/h2,5-12,15H,3-4,13H2,1H3,(H,30,32)(H,33,34)/p-1. The van der Waals surface area contributed by atoms with Crippen LogP contribution in [0.1, 0.15) is 40.2 Å². The molecule has 1 aromatic heterocycles. The van der Waals surface area contributed by atoms with Crippen molar-refractivity contribution < 1.29 is 18.0 Å². The lowest BCUT2D eigenvalue weighted by Crippen LogP contribution is -2.26. The average molecular weight is 607 g/mol. The van der Waals surface area contributed by atoms with Gasteiger partial charge in [-0.2, -0.15) is 0 Å². The van der Waals surface area contributed by atoms with Crippen LogP contribution in [0.4, 0.5) is 5.69 Å². The molecule has 0 spiro atoms. The summed E-state index contributed by atoms with van der Waals surface area (Å²) in [5, 5.41) is 4.39. The van der Waals surface area contributed by atoms with Gasteiger partial charge in [0.1, 0.15) is 11.3 Å². The highest BCUT2D eigenvalue weighted by Gasteiger charge is 2.31. The molecule has 0 saturated heterocycles. The third-order valence-corrected chi connectivity index (χ3v) is 8.34. The lowest BCUT2D eigenvalue weighted by atomic mass is 10.0. The zero-order valence-corrected chi connectivity index (χ0v) is 22.9. The van der Waals surface area contributed by atoms with Gasteiger partial charge in [-0.3, -0.25) is 13.3 Å². The molecule has 5 rings (SSSR count). The molecule has 6 nitrogen and oxygen atoms in total. The minimum Gasteiger partial charge on any atom is -0.755 e. The molecule has 0 bridgehead atoms. The Morgan fingerprint density at radius 2 is 1.89 bits per heavy atom. The van der Waals surface area contributed by atoms with Crippen LogP contribution in [0.3, 0.4) is 0 Å². The lowest BCUT2D eigenvalue weighted by molar-refractivity contribution is 0.0964. The maximum atomic E-state index is 13.0. The first-order valence-corrected chi connectivity index (χ1v) is 13.7. The van der Waals surface area contributed by atoms with Gasteiger partial charge >= 0.3 is 0 Å². The van der Waals surface area contributed by atoms with Gasteiger partial charge in [0.2, 0.25) is 0 Å². The number of carbonyl (C=O) groups is 1. The molecular weight excluding hydrogens is 587 g/mol. The highest BCUT2D eigenvalue weighted by Crippen LogP contribution is 2.48. The van der Waals surface area contributed by atoms with Gasteiger partial charge in [0.25, 0.3) is 5.91 Å². The highest BCUT2D eigenvalue weighted by atomic mass is 79.9.